The van der Waals surface area contributed by atoms with E-state index in [0.29, 0.717) is 17.5 Å². The van der Waals surface area contributed by atoms with Crippen LogP contribution in [0.3, 0.4) is 0 Å². The minimum Gasteiger partial charge on any atom is -0.497 e. The minimum absolute atomic E-state index is 0.000697. The van der Waals surface area contributed by atoms with Crippen LogP contribution in [0.2, 0.25) is 0 Å². The molecule has 0 N–H and O–H groups in total. The number of hydrogen-bond donors (Lipinski definition) is 0. The number of carbonyl (C=O) groups is 1. The normalized spacial score (nSPS) is 10.4. The molecule has 0 aliphatic rings. The predicted molar refractivity (Wildman–Crippen MR) is 69.2 cm³/mol. The molecule has 3 heteroatoms. The van der Waals surface area contributed by atoms with Crippen molar-refractivity contribution in [2.45, 2.75) is 20.3 Å². The molecule has 0 saturated heterocycles. The molecule has 2 rings (SSSR count). The van der Waals surface area contributed by atoms with Crippen molar-refractivity contribution >= 4 is 5.78 Å². The van der Waals surface area contributed by atoms with Crippen molar-refractivity contribution in [1.82, 2.24) is 0 Å². The Morgan fingerprint density at radius 1 is 1.28 bits per heavy atom. The van der Waals surface area contributed by atoms with E-state index in [-0.39, 0.29) is 5.78 Å². The molecule has 1 aromatic carbocycles. The van der Waals surface area contributed by atoms with Gasteiger partial charge in [0, 0.05) is 12.0 Å². The van der Waals surface area contributed by atoms with Gasteiger partial charge in [-0.3, -0.25) is 4.79 Å². The zero-order valence-corrected chi connectivity index (χ0v) is 10.8. The molecule has 0 saturated carbocycles. The monoisotopic (exact) mass is 244 g/mol. The number of carbonyl (C=O) groups excluding carboxylic acids is 1. The van der Waals surface area contributed by atoms with E-state index in [1.807, 2.05) is 19.9 Å². The van der Waals surface area contributed by atoms with E-state index in [1.54, 1.807) is 31.6 Å². The zero-order chi connectivity index (χ0) is 13.1. The van der Waals surface area contributed by atoms with Crippen LogP contribution in [0.5, 0.6) is 5.75 Å². The van der Waals surface area contributed by atoms with Gasteiger partial charge in [0.15, 0.2) is 5.78 Å². The lowest BCUT2D eigenvalue weighted by atomic mass is 9.98. The van der Waals surface area contributed by atoms with Crippen molar-refractivity contribution in [1.29, 1.82) is 0 Å². The molecule has 1 aromatic heterocycles. The topological polar surface area (TPSA) is 39.4 Å². The number of ketones is 1. The van der Waals surface area contributed by atoms with Crippen molar-refractivity contribution in [2.75, 3.05) is 7.11 Å². The van der Waals surface area contributed by atoms with Crippen LogP contribution in [0, 0.1) is 6.92 Å². The second-order valence-electron chi connectivity index (χ2n) is 4.12. The molecular formula is C15H16O3. The van der Waals surface area contributed by atoms with Crippen LogP contribution in [0.25, 0.3) is 0 Å². The van der Waals surface area contributed by atoms with Gasteiger partial charge in [0.05, 0.1) is 18.9 Å². The summed E-state index contributed by atoms with van der Waals surface area (Å²) in [6.07, 6.45) is 2.27. The summed E-state index contributed by atoms with van der Waals surface area (Å²) in [7, 11) is 1.61. The van der Waals surface area contributed by atoms with Crippen LogP contribution in [-0.4, -0.2) is 12.9 Å². The fraction of sp³-hybridized carbons (Fsp3) is 0.267. The number of hydrogen-bond acceptors (Lipinski definition) is 3. The number of furan rings is 1. The van der Waals surface area contributed by atoms with Gasteiger partial charge >= 0.3 is 0 Å². The van der Waals surface area contributed by atoms with Crippen LogP contribution in [0.1, 0.15) is 34.2 Å². The number of rotatable bonds is 4. The summed E-state index contributed by atoms with van der Waals surface area (Å²) >= 11 is 0. The molecule has 0 atom stereocenters. The van der Waals surface area contributed by atoms with Gasteiger partial charge in [0.1, 0.15) is 11.5 Å². The maximum absolute atomic E-state index is 12.4. The Kier molecular flexibility index (Phi) is 3.51. The number of methoxy groups -OCH3 is 1. The van der Waals surface area contributed by atoms with Gasteiger partial charge in [0.2, 0.25) is 0 Å². The first-order valence-corrected chi connectivity index (χ1v) is 5.93. The van der Waals surface area contributed by atoms with E-state index >= 15 is 0 Å². The summed E-state index contributed by atoms with van der Waals surface area (Å²) in [6.45, 7) is 3.87. The third-order valence-electron chi connectivity index (χ3n) is 2.99. The predicted octanol–water partition coefficient (Wildman–Crippen LogP) is 3.39. The molecular weight excluding hydrogens is 228 g/mol. The summed E-state index contributed by atoms with van der Waals surface area (Å²) in [4.78, 5) is 12.4. The average Bonchev–Trinajstić information content (AvgIpc) is 2.86. The molecule has 2 aromatic rings. The van der Waals surface area contributed by atoms with Crippen molar-refractivity contribution in [3.05, 3.63) is 53.0 Å². The Bertz CT molecular complexity index is 567. The molecule has 0 spiro atoms. The van der Waals surface area contributed by atoms with E-state index in [9.17, 15) is 4.79 Å². The van der Waals surface area contributed by atoms with Gasteiger partial charge in [0.25, 0.3) is 0 Å². The van der Waals surface area contributed by atoms with E-state index < -0.39 is 0 Å². The fourth-order valence-electron chi connectivity index (χ4n) is 1.98. The summed E-state index contributed by atoms with van der Waals surface area (Å²) in [5, 5.41) is 0. The molecule has 94 valence electrons. The van der Waals surface area contributed by atoms with E-state index in [2.05, 4.69) is 0 Å². The van der Waals surface area contributed by atoms with Crippen molar-refractivity contribution < 1.29 is 13.9 Å². The van der Waals surface area contributed by atoms with E-state index in [1.165, 1.54) is 0 Å². The highest BCUT2D eigenvalue weighted by Gasteiger charge is 2.17. The molecule has 3 nitrogen and oxygen atoms in total. The van der Waals surface area contributed by atoms with Gasteiger partial charge in [-0.05, 0) is 36.8 Å². The molecule has 0 aliphatic heterocycles. The highest BCUT2D eigenvalue weighted by Crippen LogP contribution is 2.22. The molecule has 1 heterocycles. The van der Waals surface area contributed by atoms with Gasteiger partial charge in [-0.1, -0.05) is 6.92 Å². The fourth-order valence-corrected chi connectivity index (χ4v) is 1.98. The molecule has 0 bridgehead atoms. The van der Waals surface area contributed by atoms with E-state index in [0.717, 1.165) is 17.1 Å². The first-order chi connectivity index (χ1) is 8.67. The van der Waals surface area contributed by atoms with Crippen LogP contribution in [0.15, 0.2) is 34.9 Å². The largest absolute Gasteiger partial charge is 0.497 e. The Labute approximate surface area is 106 Å². The van der Waals surface area contributed by atoms with Gasteiger partial charge in [-0.2, -0.15) is 0 Å². The SMILES string of the molecule is CCc1occc1C(=O)c1ccc(OC)cc1C. The molecule has 0 fully saturated rings. The average molecular weight is 244 g/mol. The van der Waals surface area contributed by atoms with Gasteiger partial charge < -0.3 is 9.15 Å². The Morgan fingerprint density at radius 2 is 2.06 bits per heavy atom. The number of benzene rings is 1. The highest BCUT2D eigenvalue weighted by molar-refractivity contribution is 6.10. The lowest BCUT2D eigenvalue weighted by Crippen LogP contribution is -2.05. The third kappa shape index (κ3) is 2.16. The highest BCUT2D eigenvalue weighted by atomic mass is 16.5. The molecule has 18 heavy (non-hydrogen) atoms. The lowest BCUT2D eigenvalue weighted by molar-refractivity contribution is 0.103. The Hall–Kier alpha value is -2.03. The smallest absolute Gasteiger partial charge is 0.196 e. The van der Waals surface area contributed by atoms with Crippen LogP contribution in [0.4, 0.5) is 0 Å². The second kappa shape index (κ2) is 5.08. The standard InChI is InChI=1S/C15H16O3/c1-4-14-13(7-8-18-14)15(16)12-6-5-11(17-3)9-10(12)2/h5-9H,4H2,1-3H3. The number of ether oxygens (including phenoxy) is 1. The molecule has 0 amide bonds. The summed E-state index contributed by atoms with van der Waals surface area (Å²) < 4.78 is 10.4. The Morgan fingerprint density at radius 3 is 2.67 bits per heavy atom. The first kappa shape index (κ1) is 12.4. The maximum Gasteiger partial charge on any atom is 0.196 e. The first-order valence-electron chi connectivity index (χ1n) is 5.93. The van der Waals surface area contributed by atoms with E-state index in [4.69, 9.17) is 9.15 Å². The molecule has 0 radical (unpaired) electrons. The number of aryl methyl sites for hydroxylation is 2. The Balaban J connectivity index is 2.40. The summed E-state index contributed by atoms with van der Waals surface area (Å²) in [5.41, 5.74) is 2.24. The zero-order valence-electron chi connectivity index (χ0n) is 10.8. The minimum atomic E-state index is 0.000697. The van der Waals surface area contributed by atoms with Crippen molar-refractivity contribution in [2.24, 2.45) is 0 Å². The van der Waals surface area contributed by atoms with Crippen molar-refractivity contribution in [3.8, 4) is 5.75 Å². The summed E-state index contributed by atoms with van der Waals surface area (Å²) in [6, 6.07) is 7.18. The van der Waals surface area contributed by atoms with Gasteiger partial charge in [-0.25, -0.2) is 0 Å². The summed E-state index contributed by atoms with van der Waals surface area (Å²) in [5.74, 6) is 1.49. The molecule has 0 aliphatic carbocycles. The quantitative estimate of drug-likeness (QED) is 0.774. The van der Waals surface area contributed by atoms with Crippen LogP contribution < -0.4 is 4.74 Å². The second-order valence-corrected chi connectivity index (χ2v) is 4.12. The molecule has 0 unspecified atom stereocenters. The van der Waals surface area contributed by atoms with Gasteiger partial charge in [-0.15, -0.1) is 0 Å². The third-order valence-corrected chi connectivity index (χ3v) is 2.99. The van der Waals surface area contributed by atoms with Crippen LogP contribution >= 0.6 is 0 Å². The van der Waals surface area contributed by atoms with Crippen molar-refractivity contribution in [3.63, 3.8) is 0 Å². The lowest BCUT2D eigenvalue weighted by Gasteiger charge is -2.07. The maximum atomic E-state index is 12.4. The van der Waals surface area contributed by atoms with Crippen LogP contribution in [-0.2, 0) is 6.42 Å².